The third-order valence-corrected chi connectivity index (χ3v) is 5.13. The number of esters is 1. The van der Waals surface area contributed by atoms with Crippen LogP contribution in [0.25, 0.3) is 6.08 Å². The first-order chi connectivity index (χ1) is 16.7. The number of anilines is 2. The maximum absolute atomic E-state index is 13.2. The molecule has 1 fully saturated rings. The minimum absolute atomic E-state index is 0.0266. The van der Waals surface area contributed by atoms with Gasteiger partial charge in [0.2, 0.25) is 0 Å². The molecule has 3 rings (SSSR count). The molecule has 0 radical (unpaired) electrons. The number of ether oxygens (including phenoxy) is 4. The Morgan fingerprint density at radius 2 is 1.83 bits per heavy atom. The molecule has 0 bridgehead atoms. The van der Waals surface area contributed by atoms with Crippen molar-refractivity contribution in [2.75, 3.05) is 57.3 Å². The van der Waals surface area contributed by atoms with Crippen LogP contribution < -0.4 is 19.7 Å². The van der Waals surface area contributed by atoms with Crippen molar-refractivity contribution >= 4 is 29.3 Å². The van der Waals surface area contributed by atoms with Gasteiger partial charge >= 0.3 is 12.1 Å². The van der Waals surface area contributed by atoms with E-state index in [4.69, 9.17) is 18.9 Å². The summed E-state index contributed by atoms with van der Waals surface area (Å²) in [7, 11) is 2.98. The Bertz CT molecular complexity index is 1080. The summed E-state index contributed by atoms with van der Waals surface area (Å²) in [6.07, 6.45) is -2.02. The van der Waals surface area contributed by atoms with E-state index >= 15 is 0 Å². The average Bonchev–Trinajstić information content (AvgIpc) is 2.86. The highest BCUT2D eigenvalue weighted by molar-refractivity contribution is 5.97. The number of amides is 1. The third-order valence-electron chi connectivity index (χ3n) is 5.13. The molecule has 1 aliphatic heterocycles. The first-order valence-electron chi connectivity index (χ1n) is 10.6. The van der Waals surface area contributed by atoms with Crippen LogP contribution in [0.2, 0.25) is 0 Å². The molecule has 188 valence electrons. The van der Waals surface area contributed by atoms with Gasteiger partial charge in [-0.15, -0.1) is 0 Å². The largest absolute Gasteiger partial charge is 0.497 e. The molecule has 1 aliphatic rings. The Kier molecular flexibility index (Phi) is 8.58. The van der Waals surface area contributed by atoms with Gasteiger partial charge in [0.1, 0.15) is 11.5 Å². The summed E-state index contributed by atoms with van der Waals surface area (Å²) in [6.45, 7) is 1.07. The molecular weight excluding hydrogens is 469 g/mol. The lowest BCUT2D eigenvalue weighted by molar-refractivity contribution is -0.142. The van der Waals surface area contributed by atoms with Crippen LogP contribution in [0.1, 0.15) is 11.1 Å². The molecule has 0 aromatic heterocycles. The summed E-state index contributed by atoms with van der Waals surface area (Å²) < 4.78 is 60.2. The number of nitrogens with zero attached hydrogens (tertiary/aromatic N) is 1. The maximum Gasteiger partial charge on any atom is 0.416 e. The third kappa shape index (κ3) is 7.12. The van der Waals surface area contributed by atoms with Crippen LogP contribution in [-0.2, 0) is 25.2 Å². The van der Waals surface area contributed by atoms with E-state index in [1.807, 2.05) is 4.90 Å². The standard InChI is InChI=1S/C24H25F3N2O6/c1-32-18-6-3-16(21(14-18)33-2)4-8-23(31)35-15-22(30)28-19-13-17(24(25,26)27)5-7-20(19)29-9-11-34-12-10-29/h3-8,13-14H,9-12,15H2,1-2H3,(H,28,30)/b8-4+. The first-order valence-corrected chi connectivity index (χ1v) is 10.6. The molecule has 11 heteroatoms. The summed E-state index contributed by atoms with van der Waals surface area (Å²) in [6, 6.07) is 8.12. The molecule has 1 N–H and O–H groups in total. The van der Waals surface area contributed by atoms with Crippen LogP contribution in [0.3, 0.4) is 0 Å². The lowest BCUT2D eigenvalue weighted by Crippen LogP contribution is -2.37. The molecule has 0 atom stereocenters. The van der Waals surface area contributed by atoms with Gasteiger partial charge in [-0.05, 0) is 36.4 Å². The number of carbonyl (C=O) groups is 2. The number of alkyl halides is 3. The van der Waals surface area contributed by atoms with E-state index < -0.39 is 30.2 Å². The van der Waals surface area contributed by atoms with Crippen LogP contribution >= 0.6 is 0 Å². The minimum Gasteiger partial charge on any atom is -0.497 e. The van der Waals surface area contributed by atoms with Crippen molar-refractivity contribution in [1.29, 1.82) is 0 Å². The Hall–Kier alpha value is -3.73. The van der Waals surface area contributed by atoms with Gasteiger partial charge in [-0.2, -0.15) is 13.2 Å². The second kappa shape index (κ2) is 11.6. The van der Waals surface area contributed by atoms with Gasteiger partial charge in [0, 0.05) is 30.8 Å². The summed E-state index contributed by atoms with van der Waals surface area (Å²) in [5, 5.41) is 2.42. The van der Waals surface area contributed by atoms with Crippen LogP contribution in [-0.4, -0.2) is 59.0 Å². The van der Waals surface area contributed by atoms with Crippen LogP contribution in [0.4, 0.5) is 24.5 Å². The second-order valence-electron chi connectivity index (χ2n) is 7.43. The zero-order valence-corrected chi connectivity index (χ0v) is 19.2. The highest BCUT2D eigenvalue weighted by Crippen LogP contribution is 2.35. The second-order valence-corrected chi connectivity index (χ2v) is 7.43. The Morgan fingerprint density at radius 1 is 1.09 bits per heavy atom. The van der Waals surface area contributed by atoms with Crippen LogP contribution in [0.15, 0.2) is 42.5 Å². The number of methoxy groups -OCH3 is 2. The maximum atomic E-state index is 13.2. The molecule has 1 amide bonds. The molecule has 0 saturated carbocycles. The molecule has 2 aromatic rings. The predicted octanol–water partition coefficient (Wildman–Crippen LogP) is 3.75. The topological polar surface area (TPSA) is 86.3 Å². The van der Waals surface area contributed by atoms with Crippen molar-refractivity contribution < 1.29 is 41.7 Å². The average molecular weight is 494 g/mol. The summed E-state index contributed by atoms with van der Waals surface area (Å²) in [5.74, 6) is -0.548. The quantitative estimate of drug-likeness (QED) is 0.442. The molecule has 0 spiro atoms. The number of hydrogen-bond acceptors (Lipinski definition) is 7. The summed E-state index contributed by atoms with van der Waals surface area (Å²) in [4.78, 5) is 26.3. The number of nitrogens with one attached hydrogen (secondary N) is 1. The fraction of sp³-hybridized carbons (Fsp3) is 0.333. The van der Waals surface area contributed by atoms with Gasteiger partial charge in [0.15, 0.2) is 6.61 Å². The first kappa shape index (κ1) is 25.9. The number of halogens is 3. The van der Waals surface area contributed by atoms with Gasteiger partial charge in [0.25, 0.3) is 5.91 Å². The number of hydrogen-bond donors (Lipinski definition) is 1. The van der Waals surface area contributed by atoms with E-state index in [0.717, 1.165) is 18.2 Å². The Labute approximate surface area is 200 Å². The van der Waals surface area contributed by atoms with Crippen LogP contribution in [0.5, 0.6) is 11.5 Å². The van der Waals surface area contributed by atoms with E-state index in [-0.39, 0.29) is 5.69 Å². The van der Waals surface area contributed by atoms with E-state index in [0.29, 0.717) is 49.1 Å². The van der Waals surface area contributed by atoms with Gasteiger partial charge in [-0.1, -0.05) is 0 Å². The SMILES string of the molecule is COc1ccc(/C=C/C(=O)OCC(=O)Nc2cc(C(F)(F)F)ccc2N2CCOCC2)c(OC)c1. The van der Waals surface area contributed by atoms with Crippen LogP contribution in [0, 0.1) is 0 Å². The van der Waals surface area contributed by atoms with E-state index in [2.05, 4.69) is 5.32 Å². The number of carbonyl (C=O) groups excluding carboxylic acids is 2. The summed E-state index contributed by atoms with van der Waals surface area (Å²) in [5.41, 5.74) is 0.0701. The molecule has 0 aliphatic carbocycles. The molecule has 2 aromatic carbocycles. The van der Waals surface area contributed by atoms with Gasteiger partial charge in [0.05, 0.1) is 44.4 Å². The van der Waals surface area contributed by atoms with Crippen molar-refractivity contribution in [2.45, 2.75) is 6.18 Å². The van der Waals surface area contributed by atoms with Crippen molar-refractivity contribution in [3.05, 3.63) is 53.6 Å². The number of benzene rings is 2. The molecule has 8 nitrogen and oxygen atoms in total. The fourth-order valence-electron chi connectivity index (χ4n) is 3.38. The lowest BCUT2D eigenvalue weighted by Gasteiger charge is -2.31. The number of rotatable bonds is 8. The Balaban J connectivity index is 1.65. The zero-order chi connectivity index (χ0) is 25.4. The lowest BCUT2D eigenvalue weighted by atomic mass is 10.1. The number of morpholine rings is 1. The monoisotopic (exact) mass is 494 g/mol. The highest BCUT2D eigenvalue weighted by Gasteiger charge is 2.32. The highest BCUT2D eigenvalue weighted by atomic mass is 19.4. The van der Waals surface area contributed by atoms with Crippen molar-refractivity contribution in [1.82, 2.24) is 0 Å². The van der Waals surface area contributed by atoms with Crippen molar-refractivity contribution in [3.8, 4) is 11.5 Å². The van der Waals surface area contributed by atoms with Gasteiger partial charge < -0.3 is 29.2 Å². The fourth-order valence-corrected chi connectivity index (χ4v) is 3.38. The van der Waals surface area contributed by atoms with E-state index in [1.165, 1.54) is 26.4 Å². The van der Waals surface area contributed by atoms with Gasteiger partial charge in [-0.25, -0.2) is 4.79 Å². The van der Waals surface area contributed by atoms with Crippen molar-refractivity contribution in [2.24, 2.45) is 0 Å². The van der Waals surface area contributed by atoms with Crippen molar-refractivity contribution in [3.63, 3.8) is 0 Å². The molecule has 1 saturated heterocycles. The summed E-state index contributed by atoms with van der Waals surface area (Å²) >= 11 is 0. The molecule has 1 heterocycles. The normalized spacial score (nSPS) is 14.0. The molecular formula is C24H25F3N2O6. The van der Waals surface area contributed by atoms with E-state index in [9.17, 15) is 22.8 Å². The molecule has 35 heavy (non-hydrogen) atoms. The minimum atomic E-state index is -4.58. The van der Waals surface area contributed by atoms with Gasteiger partial charge in [-0.3, -0.25) is 4.79 Å². The Morgan fingerprint density at radius 3 is 2.49 bits per heavy atom. The predicted molar refractivity (Wildman–Crippen MR) is 123 cm³/mol. The zero-order valence-electron chi connectivity index (χ0n) is 19.2. The molecule has 0 unspecified atom stereocenters. The smallest absolute Gasteiger partial charge is 0.416 e. The van der Waals surface area contributed by atoms with E-state index in [1.54, 1.807) is 18.2 Å².